The molecular weight excluding hydrogens is 398 g/mol. The first-order valence-electron chi connectivity index (χ1n) is 10.5. The number of carboxylic acids is 1. The van der Waals surface area contributed by atoms with Crippen LogP contribution >= 0.6 is 0 Å². The van der Waals surface area contributed by atoms with E-state index < -0.39 is 18.2 Å². The minimum atomic E-state index is -0.989. The van der Waals surface area contributed by atoms with E-state index in [1.807, 2.05) is 31.2 Å². The molecule has 7 nitrogen and oxygen atoms in total. The van der Waals surface area contributed by atoms with Gasteiger partial charge in [0.2, 0.25) is 0 Å². The molecule has 1 amide bonds. The zero-order valence-electron chi connectivity index (χ0n) is 18.3. The van der Waals surface area contributed by atoms with Crippen molar-refractivity contribution in [3.05, 3.63) is 59.7 Å². The van der Waals surface area contributed by atoms with Crippen molar-refractivity contribution in [1.29, 1.82) is 0 Å². The number of nitrogens with one attached hydrogen (secondary N) is 1. The van der Waals surface area contributed by atoms with Crippen molar-refractivity contribution >= 4 is 11.9 Å². The van der Waals surface area contributed by atoms with Gasteiger partial charge in [-0.25, -0.2) is 4.79 Å². The van der Waals surface area contributed by atoms with Gasteiger partial charge in [0, 0.05) is 19.6 Å². The Labute approximate surface area is 183 Å². The maximum atomic E-state index is 12.4. The first-order valence-corrected chi connectivity index (χ1v) is 10.5. The number of aliphatic carboxylic acids is 1. The van der Waals surface area contributed by atoms with Crippen LogP contribution in [0.5, 0.6) is 11.5 Å². The summed E-state index contributed by atoms with van der Waals surface area (Å²) in [6, 6.07) is 14.8. The minimum absolute atomic E-state index is 0.208. The van der Waals surface area contributed by atoms with Crippen LogP contribution in [0.4, 0.5) is 0 Å². The van der Waals surface area contributed by atoms with Crippen LogP contribution in [0.1, 0.15) is 31.9 Å². The topological polar surface area (TPSA) is 94.1 Å². The van der Waals surface area contributed by atoms with Crippen LogP contribution in [-0.4, -0.2) is 48.9 Å². The van der Waals surface area contributed by atoms with Gasteiger partial charge in [-0.2, -0.15) is 0 Å². The lowest BCUT2D eigenvalue weighted by Gasteiger charge is -2.16. The van der Waals surface area contributed by atoms with Crippen molar-refractivity contribution < 1.29 is 28.9 Å². The number of carbonyl (C=O) groups excluding carboxylic acids is 1. The van der Waals surface area contributed by atoms with Gasteiger partial charge in [0.25, 0.3) is 5.91 Å². The zero-order chi connectivity index (χ0) is 22.6. The molecule has 0 aliphatic heterocycles. The van der Waals surface area contributed by atoms with Gasteiger partial charge in [-0.15, -0.1) is 0 Å². The number of hydrogen-bond acceptors (Lipinski definition) is 5. The molecule has 31 heavy (non-hydrogen) atoms. The average molecular weight is 430 g/mol. The van der Waals surface area contributed by atoms with E-state index in [0.717, 1.165) is 16.9 Å². The van der Waals surface area contributed by atoms with E-state index in [0.29, 0.717) is 31.9 Å². The first-order chi connectivity index (χ1) is 14.9. The van der Waals surface area contributed by atoms with Gasteiger partial charge in [-0.3, -0.25) is 4.79 Å². The quantitative estimate of drug-likeness (QED) is 0.508. The second kappa shape index (κ2) is 12.6. The van der Waals surface area contributed by atoms with Crippen molar-refractivity contribution in [1.82, 2.24) is 5.32 Å². The van der Waals surface area contributed by atoms with E-state index >= 15 is 0 Å². The number of ether oxygens (including phenoxy) is 3. The molecule has 168 valence electrons. The molecule has 7 heteroatoms. The fraction of sp³-hybridized carbons (Fsp3) is 0.417. The Morgan fingerprint density at radius 1 is 1.03 bits per heavy atom. The van der Waals surface area contributed by atoms with E-state index in [1.165, 1.54) is 0 Å². The van der Waals surface area contributed by atoms with Crippen LogP contribution in [0.2, 0.25) is 0 Å². The Bertz CT molecular complexity index is 836. The van der Waals surface area contributed by atoms with Crippen molar-refractivity contribution in [3.8, 4) is 11.5 Å². The van der Waals surface area contributed by atoms with Crippen LogP contribution in [0, 0.1) is 0 Å². The molecule has 0 unspecified atom stereocenters. The van der Waals surface area contributed by atoms with Crippen molar-refractivity contribution in [2.45, 2.75) is 45.8 Å². The van der Waals surface area contributed by atoms with Crippen LogP contribution in [0.15, 0.2) is 48.5 Å². The van der Waals surface area contributed by atoms with Gasteiger partial charge in [0.1, 0.15) is 11.5 Å². The van der Waals surface area contributed by atoms with Crippen LogP contribution in [0.3, 0.4) is 0 Å². The summed E-state index contributed by atoms with van der Waals surface area (Å²) in [6.45, 7) is 6.79. The number of carboxylic acid groups (broad SMARTS) is 1. The molecule has 2 rings (SSSR count). The number of benzene rings is 2. The molecular formula is C24H31NO6. The summed E-state index contributed by atoms with van der Waals surface area (Å²) in [6.07, 6.45) is -0.617. The molecule has 0 bridgehead atoms. The molecule has 2 atom stereocenters. The smallest absolute Gasteiger partial charge is 0.333 e. The third-order valence-corrected chi connectivity index (χ3v) is 4.64. The van der Waals surface area contributed by atoms with Gasteiger partial charge in [0.05, 0.1) is 6.61 Å². The Kier molecular flexibility index (Phi) is 9.84. The largest absolute Gasteiger partial charge is 0.494 e. The summed E-state index contributed by atoms with van der Waals surface area (Å²) in [4.78, 5) is 23.6. The highest BCUT2D eigenvalue weighted by Gasteiger charge is 2.18. The normalized spacial score (nSPS) is 12.6. The summed E-state index contributed by atoms with van der Waals surface area (Å²) in [7, 11) is 0. The molecule has 0 heterocycles. The average Bonchev–Trinajstić information content (AvgIpc) is 2.76. The summed E-state index contributed by atoms with van der Waals surface area (Å²) >= 11 is 0. The summed E-state index contributed by atoms with van der Waals surface area (Å²) in [5, 5.41) is 12.1. The van der Waals surface area contributed by atoms with E-state index in [2.05, 4.69) is 5.32 Å². The molecule has 0 spiro atoms. The van der Waals surface area contributed by atoms with Crippen molar-refractivity contribution in [2.24, 2.45) is 0 Å². The first kappa shape index (κ1) is 24.2. The summed E-state index contributed by atoms with van der Waals surface area (Å²) in [5.41, 5.74) is 1.86. The number of rotatable bonds is 13. The van der Waals surface area contributed by atoms with Gasteiger partial charge in [-0.1, -0.05) is 30.3 Å². The number of amides is 1. The number of para-hydroxylation sites is 1. The molecule has 0 saturated heterocycles. The monoisotopic (exact) mass is 429 g/mol. The molecule has 0 aliphatic rings. The van der Waals surface area contributed by atoms with Crippen LogP contribution < -0.4 is 14.8 Å². The number of carbonyl (C=O) groups is 2. The second-order valence-corrected chi connectivity index (χ2v) is 6.97. The highest BCUT2D eigenvalue weighted by atomic mass is 16.5. The fourth-order valence-corrected chi connectivity index (χ4v) is 3.07. The van der Waals surface area contributed by atoms with Gasteiger partial charge >= 0.3 is 5.97 Å². The van der Waals surface area contributed by atoms with Gasteiger partial charge < -0.3 is 24.6 Å². The molecule has 2 aromatic carbocycles. The summed E-state index contributed by atoms with van der Waals surface area (Å²) < 4.78 is 16.5. The van der Waals surface area contributed by atoms with Crippen molar-refractivity contribution in [3.63, 3.8) is 0 Å². The minimum Gasteiger partial charge on any atom is -0.494 e. The van der Waals surface area contributed by atoms with Crippen LogP contribution in [0.25, 0.3) is 0 Å². The van der Waals surface area contributed by atoms with E-state index in [4.69, 9.17) is 14.2 Å². The lowest BCUT2D eigenvalue weighted by atomic mass is 10.1. The Hall–Kier alpha value is -3.06. The SMILES string of the molecule is CCOc1ccccc1CCNC(=O)[C@@H](C)Oc1ccc(C[C@H](OCC)C(=O)O)cc1. The van der Waals surface area contributed by atoms with E-state index in [1.54, 1.807) is 38.1 Å². The van der Waals surface area contributed by atoms with Crippen LogP contribution in [-0.2, 0) is 27.2 Å². The Morgan fingerprint density at radius 2 is 1.74 bits per heavy atom. The molecule has 2 aromatic rings. The molecule has 2 N–H and O–H groups in total. The maximum Gasteiger partial charge on any atom is 0.333 e. The Morgan fingerprint density at radius 3 is 2.39 bits per heavy atom. The Balaban J connectivity index is 1.82. The number of hydrogen-bond donors (Lipinski definition) is 2. The van der Waals surface area contributed by atoms with Gasteiger partial charge in [-0.05, 0) is 56.5 Å². The maximum absolute atomic E-state index is 12.4. The van der Waals surface area contributed by atoms with E-state index in [9.17, 15) is 14.7 Å². The third kappa shape index (κ3) is 7.94. The van der Waals surface area contributed by atoms with Crippen molar-refractivity contribution in [2.75, 3.05) is 19.8 Å². The standard InChI is InChI=1S/C24H31NO6/c1-4-29-21-9-7-6-8-19(21)14-15-25-23(26)17(3)31-20-12-10-18(11-13-20)16-22(24(27)28)30-5-2/h6-13,17,22H,4-5,14-16H2,1-3H3,(H,25,26)(H,27,28)/t17-,22+/m1/s1. The lowest BCUT2D eigenvalue weighted by molar-refractivity contribution is -0.150. The highest BCUT2D eigenvalue weighted by Crippen LogP contribution is 2.18. The molecule has 0 fully saturated rings. The lowest BCUT2D eigenvalue weighted by Crippen LogP contribution is -2.37. The molecule has 0 aromatic heterocycles. The molecule has 0 aliphatic carbocycles. The molecule has 0 saturated carbocycles. The second-order valence-electron chi connectivity index (χ2n) is 6.97. The third-order valence-electron chi connectivity index (χ3n) is 4.64. The highest BCUT2D eigenvalue weighted by molar-refractivity contribution is 5.80. The predicted octanol–water partition coefficient (Wildman–Crippen LogP) is 3.24. The van der Waals surface area contributed by atoms with E-state index in [-0.39, 0.29) is 12.3 Å². The summed E-state index contributed by atoms with van der Waals surface area (Å²) in [5.74, 6) is 0.172. The molecule has 0 radical (unpaired) electrons. The fourth-order valence-electron chi connectivity index (χ4n) is 3.07. The zero-order valence-corrected chi connectivity index (χ0v) is 18.3. The van der Waals surface area contributed by atoms with Gasteiger partial charge in [0.15, 0.2) is 12.2 Å². The predicted molar refractivity (Wildman–Crippen MR) is 118 cm³/mol.